The normalized spacial score (nSPS) is 17.4. The van der Waals surface area contributed by atoms with Gasteiger partial charge in [0, 0.05) is 24.7 Å². The minimum absolute atomic E-state index is 0.223. The van der Waals surface area contributed by atoms with Gasteiger partial charge in [0.25, 0.3) is 0 Å². The summed E-state index contributed by atoms with van der Waals surface area (Å²) in [5.74, 6) is 0. The van der Waals surface area contributed by atoms with Gasteiger partial charge in [0.2, 0.25) is 0 Å². The standard InChI is InChI=1S/C12H24N2.C2H6/c1-11(2,3)9-8-13-14(7)10(9)12(4,5)6;1-2/h13H,8H2,1-7H3;1-2H3. The van der Waals surface area contributed by atoms with Crippen molar-refractivity contribution >= 4 is 0 Å². The Morgan fingerprint density at radius 3 is 1.62 bits per heavy atom. The Hall–Kier alpha value is -0.500. The highest BCUT2D eigenvalue weighted by Gasteiger charge is 2.34. The molecule has 0 saturated carbocycles. The maximum Gasteiger partial charge on any atom is 0.0386 e. The van der Waals surface area contributed by atoms with Gasteiger partial charge in [0.15, 0.2) is 0 Å². The van der Waals surface area contributed by atoms with Crippen LogP contribution in [-0.4, -0.2) is 18.6 Å². The summed E-state index contributed by atoms with van der Waals surface area (Å²) in [5, 5.41) is 2.18. The van der Waals surface area contributed by atoms with Gasteiger partial charge in [0.1, 0.15) is 0 Å². The van der Waals surface area contributed by atoms with E-state index in [1.54, 1.807) is 0 Å². The van der Waals surface area contributed by atoms with Gasteiger partial charge in [-0.25, -0.2) is 5.43 Å². The number of nitrogens with one attached hydrogen (secondary N) is 1. The minimum atomic E-state index is 0.223. The molecule has 0 unspecified atom stereocenters. The van der Waals surface area contributed by atoms with Gasteiger partial charge >= 0.3 is 0 Å². The Morgan fingerprint density at radius 2 is 1.38 bits per heavy atom. The molecule has 1 heterocycles. The van der Waals surface area contributed by atoms with Crippen molar-refractivity contribution in [3.05, 3.63) is 11.3 Å². The molecule has 0 amide bonds. The quantitative estimate of drug-likeness (QED) is 0.675. The first-order valence-electron chi connectivity index (χ1n) is 6.35. The van der Waals surface area contributed by atoms with Crippen LogP contribution in [0.2, 0.25) is 0 Å². The maximum absolute atomic E-state index is 3.39. The molecule has 1 aliphatic rings. The van der Waals surface area contributed by atoms with Gasteiger partial charge in [-0.1, -0.05) is 55.4 Å². The highest BCUT2D eigenvalue weighted by molar-refractivity contribution is 5.27. The number of hydrogen-bond acceptors (Lipinski definition) is 2. The lowest BCUT2D eigenvalue weighted by Crippen LogP contribution is -2.32. The first-order chi connectivity index (χ1) is 7.14. The summed E-state index contributed by atoms with van der Waals surface area (Å²) in [6.45, 7) is 18.7. The van der Waals surface area contributed by atoms with Crippen LogP contribution >= 0.6 is 0 Å². The van der Waals surface area contributed by atoms with Gasteiger partial charge in [-0.2, -0.15) is 0 Å². The van der Waals surface area contributed by atoms with Crippen molar-refractivity contribution in [3.63, 3.8) is 0 Å². The van der Waals surface area contributed by atoms with Crippen LogP contribution in [0.3, 0.4) is 0 Å². The van der Waals surface area contributed by atoms with E-state index >= 15 is 0 Å². The van der Waals surface area contributed by atoms with Crippen molar-refractivity contribution in [2.24, 2.45) is 10.8 Å². The van der Waals surface area contributed by atoms with Crippen molar-refractivity contribution in [2.75, 3.05) is 13.6 Å². The second-order valence-corrected chi connectivity index (χ2v) is 6.22. The predicted octanol–water partition coefficient (Wildman–Crippen LogP) is 3.81. The fourth-order valence-corrected chi connectivity index (χ4v) is 2.14. The summed E-state index contributed by atoms with van der Waals surface area (Å²) in [6, 6.07) is 0. The molecule has 0 aromatic carbocycles. The van der Waals surface area contributed by atoms with Crippen LogP contribution in [0.4, 0.5) is 0 Å². The fraction of sp³-hybridized carbons (Fsp3) is 0.857. The van der Waals surface area contributed by atoms with Crippen molar-refractivity contribution in [1.29, 1.82) is 0 Å². The molecule has 96 valence electrons. The molecule has 0 radical (unpaired) electrons. The lowest BCUT2D eigenvalue weighted by Gasteiger charge is -2.31. The third-order valence-electron chi connectivity index (χ3n) is 2.73. The van der Waals surface area contributed by atoms with Crippen molar-refractivity contribution in [2.45, 2.75) is 55.4 Å². The topological polar surface area (TPSA) is 15.3 Å². The molecule has 2 heteroatoms. The number of hydrazine groups is 1. The van der Waals surface area contributed by atoms with E-state index in [-0.39, 0.29) is 10.8 Å². The molecular weight excluding hydrogens is 196 g/mol. The largest absolute Gasteiger partial charge is 0.315 e. The third-order valence-corrected chi connectivity index (χ3v) is 2.73. The monoisotopic (exact) mass is 226 g/mol. The van der Waals surface area contributed by atoms with Crippen LogP contribution in [0, 0.1) is 10.8 Å². The number of rotatable bonds is 0. The van der Waals surface area contributed by atoms with Crippen LogP contribution in [-0.2, 0) is 0 Å². The van der Waals surface area contributed by atoms with Crippen LogP contribution < -0.4 is 5.43 Å². The zero-order chi connectivity index (χ0) is 13.1. The van der Waals surface area contributed by atoms with Gasteiger partial charge < -0.3 is 5.01 Å². The van der Waals surface area contributed by atoms with Crippen LogP contribution in [0.15, 0.2) is 11.3 Å². The number of nitrogens with zero attached hydrogens (tertiary/aromatic N) is 1. The van der Waals surface area contributed by atoms with Crippen LogP contribution in [0.5, 0.6) is 0 Å². The van der Waals surface area contributed by atoms with Crippen molar-refractivity contribution < 1.29 is 0 Å². The van der Waals surface area contributed by atoms with Gasteiger partial charge in [-0.3, -0.25) is 0 Å². The average molecular weight is 226 g/mol. The Labute approximate surface area is 102 Å². The highest BCUT2D eigenvalue weighted by Crippen LogP contribution is 2.39. The van der Waals surface area contributed by atoms with Crippen LogP contribution in [0.25, 0.3) is 0 Å². The lowest BCUT2D eigenvalue weighted by molar-refractivity contribution is 0.271. The highest BCUT2D eigenvalue weighted by atomic mass is 15.5. The Kier molecular flexibility index (Phi) is 5.06. The lowest BCUT2D eigenvalue weighted by atomic mass is 9.79. The molecule has 16 heavy (non-hydrogen) atoms. The molecule has 0 bridgehead atoms. The van der Waals surface area contributed by atoms with E-state index in [0.29, 0.717) is 0 Å². The SMILES string of the molecule is CC.CN1NCC(C(C)(C)C)=C1C(C)(C)C. The van der Waals surface area contributed by atoms with Crippen LogP contribution in [0.1, 0.15) is 55.4 Å². The van der Waals surface area contributed by atoms with E-state index < -0.39 is 0 Å². The summed E-state index contributed by atoms with van der Waals surface area (Å²) < 4.78 is 0. The van der Waals surface area contributed by atoms with E-state index in [2.05, 4.69) is 59.0 Å². The molecule has 1 aliphatic heterocycles. The van der Waals surface area contributed by atoms with E-state index in [0.717, 1.165) is 6.54 Å². The summed E-state index contributed by atoms with van der Waals surface area (Å²) in [6.07, 6.45) is 0. The fourth-order valence-electron chi connectivity index (χ4n) is 2.14. The molecule has 1 rings (SSSR count). The second kappa shape index (κ2) is 5.22. The Bertz CT molecular complexity index is 251. The van der Waals surface area contributed by atoms with E-state index in [1.165, 1.54) is 11.3 Å². The molecule has 0 aliphatic carbocycles. The summed E-state index contributed by atoms with van der Waals surface area (Å²) in [7, 11) is 2.11. The van der Waals surface area contributed by atoms with Gasteiger partial charge in [-0.15, -0.1) is 0 Å². The van der Waals surface area contributed by atoms with E-state index in [9.17, 15) is 0 Å². The molecule has 0 saturated heterocycles. The average Bonchev–Trinajstić information content (AvgIpc) is 2.49. The second-order valence-electron chi connectivity index (χ2n) is 6.22. The summed E-state index contributed by atoms with van der Waals surface area (Å²) in [4.78, 5) is 0. The minimum Gasteiger partial charge on any atom is -0.315 e. The molecule has 0 aromatic heterocycles. The van der Waals surface area contributed by atoms with E-state index in [1.807, 2.05) is 13.8 Å². The van der Waals surface area contributed by atoms with Crippen molar-refractivity contribution in [3.8, 4) is 0 Å². The van der Waals surface area contributed by atoms with Gasteiger partial charge in [0.05, 0.1) is 0 Å². The summed E-state index contributed by atoms with van der Waals surface area (Å²) >= 11 is 0. The molecule has 0 aromatic rings. The molecule has 2 nitrogen and oxygen atoms in total. The predicted molar refractivity (Wildman–Crippen MR) is 73.0 cm³/mol. The van der Waals surface area contributed by atoms with Gasteiger partial charge in [-0.05, 0) is 11.0 Å². The number of hydrogen-bond donors (Lipinski definition) is 1. The molecule has 0 atom stereocenters. The van der Waals surface area contributed by atoms with Crippen molar-refractivity contribution in [1.82, 2.24) is 10.4 Å². The summed E-state index contributed by atoms with van der Waals surface area (Å²) in [5.41, 5.74) is 6.86. The molecule has 0 spiro atoms. The molecule has 1 N–H and O–H groups in total. The zero-order valence-corrected chi connectivity index (χ0v) is 12.7. The third kappa shape index (κ3) is 3.51. The Morgan fingerprint density at radius 1 is 0.938 bits per heavy atom. The smallest absolute Gasteiger partial charge is 0.0386 e. The first kappa shape index (κ1) is 15.5. The first-order valence-corrected chi connectivity index (χ1v) is 6.35. The van der Waals surface area contributed by atoms with E-state index in [4.69, 9.17) is 0 Å². The number of allylic oxidation sites excluding steroid dienone is 1. The maximum atomic E-state index is 3.39. The molecule has 0 fully saturated rings. The zero-order valence-electron chi connectivity index (χ0n) is 12.7. The Balaban J connectivity index is 0.00000106. The molecular formula is C14H30N2.